The Balaban J connectivity index is 1.23. The van der Waals surface area contributed by atoms with Crippen LogP contribution in [0.4, 0.5) is 13.2 Å². The fraction of sp³-hybridized carbons (Fsp3) is 0.241. The standard InChI is InChI=1S/C29H25F3N4O2S/c30-29(31,32)12-9-24(37)16-21-7-4-8-22(15-21)25-18-33-26-17-23(10-13-36(25)26)28-35-34-27(39-28)11-14-38-19-20-5-2-1-3-6-20/h1-8,10,13,15,17-18H,9,11-12,14,16,19H2. The van der Waals surface area contributed by atoms with Crippen molar-refractivity contribution in [3.8, 4) is 21.8 Å². The molecule has 0 aliphatic carbocycles. The van der Waals surface area contributed by atoms with E-state index in [9.17, 15) is 18.0 Å². The lowest BCUT2D eigenvalue weighted by Gasteiger charge is -2.07. The van der Waals surface area contributed by atoms with Crippen molar-refractivity contribution in [2.24, 2.45) is 0 Å². The van der Waals surface area contributed by atoms with Crippen LogP contribution < -0.4 is 0 Å². The summed E-state index contributed by atoms with van der Waals surface area (Å²) in [5.41, 5.74) is 5.05. The number of carbonyl (C=O) groups excluding carboxylic acids is 1. The van der Waals surface area contributed by atoms with E-state index in [0.717, 1.165) is 38.0 Å². The summed E-state index contributed by atoms with van der Waals surface area (Å²) in [6.07, 6.45) is -1.67. The molecule has 0 fully saturated rings. The quantitative estimate of drug-likeness (QED) is 0.171. The van der Waals surface area contributed by atoms with E-state index in [1.165, 1.54) is 11.3 Å². The molecule has 3 heterocycles. The number of carbonyl (C=O) groups is 1. The topological polar surface area (TPSA) is 69.4 Å². The van der Waals surface area contributed by atoms with Crippen LogP contribution in [0.1, 0.15) is 29.0 Å². The SMILES string of the molecule is O=C(CCC(F)(F)F)Cc1cccc(-c2cnc3cc(-c4nnc(CCOCc5ccccc5)s4)ccn23)c1. The van der Waals surface area contributed by atoms with Crippen molar-refractivity contribution in [1.82, 2.24) is 19.6 Å². The Morgan fingerprint density at radius 2 is 1.77 bits per heavy atom. The van der Waals surface area contributed by atoms with Gasteiger partial charge >= 0.3 is 6.18 Å². The highest BCUT2D eigenvalue weighted by Gasteiger charge is 2.27. The second kappa shape index (κ2) is 11.9. The summed E-state index contributed by atoms with van der Waals surface area (Å²) in [5.74, 6) is -0.438. The molecule has 200 valence electrons. The number of nitrogens with zero attached hydrogens (tertiary/aromatic N) is 4. The van der Waals surface area contributed by atoms with Gasteiger partial charge in [-0.3, -0.25) is 9.20 Å². The van der Waals surface area contributed by atoms with Crippen LogP contribution in [0.2, 0.25) is 0 Å². The monoisotopic (exact) mass is 550 g/mol. The van der Waals surface area contributed by atoms with Crippen molar-refractivity contribution in [3.05, 3.63) is 95.3 Å². The fourth-order valence-corrected chi connectivity index (χ4v) is 4.98. The molecular formula is C29H25F3N4O2S. The van der Waals surface area contributed by atoms with E-state index < -0.39 is 24.8 Å². The second-order valence-electron chi connectivity index (χ2n) is 9.11. The van der Waals surface area contributed by atoms with Gasteiger partial charge in [0.2, 0.25) is 0 Å². The van der Waals surface area contributed by atoms with Crippen molar-refractivity contribution >= 4 is 22.8 Å². The number of aromatic nitrogens is 4. The maximum Gasteiger partial charge on any atom is 0.389 e. The summed E-state index contributed by atoms with van der Waals surface area (Å²) >= 11 is 1.52. The van der Waals surface area contributed by atoms with Gasteiger partial charge in [-0.15, -0.1) is 10.2 Å². The zero-order chi connectivity index (χ0) is 27.2. The normalized spacial score (nSPS) is 11.8. The molecule has 39 heavy (non-hydrogen) atoms. The van der Waals surface area contributed by atoms with Gasteiger partial charge in [-0.05, 0) is 29.3 Å². The van der Waals surface area contributed by atoms with Crippen LogP contribution in [0, 0.1) is 0 Å². The predicted molar refractivity (Wildman–Crippen MR) is 143 cm³/mol. The van der Waals surface area contributed by atoms with Gasteiger partial charge < -0.3 is 4.74 Å². The summed E-state index contributed by atoms with van der Waals surface area (Å²) in [6.45, 7) is 1.11. The van der Waals surface area contributed by atoms with E-state index >= 15 is 0 Å². The van der Waals surface area contributed by atoms with Gasteiger partial charge in [0.15, 0.2) is 0 Å². The first-order chi connectivity index (χ1) is 18.8. The van der Waals surface area contributed by atoms with Crippen LogP contribution in [0.15, 0.2) is 79.1 Å². The fourth-order valence-electron chi connectivity index (χ4n) is 4.16. The first-order valence-corrected chi connectivity index (χ1v) is 13.2. The van der Waals surface area contributed by atoms with Crippen LogP contribution >= 0.6 is 11.3 Å². The third-order valence-electron chi connectivity index (χ3n) is 6.11. The first-order valence-electron chi connectivity index (χ1n) is 12.4. The predicted octanol–water partition coefficient (Wildman–Crippen LogP) is 6.73. The molecule has 6 nitrogen and oxygen atoms in total. The molecule has 0 saturated carbocycles. The third kappa shape index (κ3) is 7.15. The van der Waals surface area contributed by atoms with Crippen molar-refractivity contribution in [1.29, 1.82) is 0 Å². The highest BCUT2D eigenvalue weighted by atomic mass is 32.1. The molecule has 3 aromatic heterocycles. The summed E-state index contributed by atoms with van der Waals surface area (Å²) < 4.78 is 45.0. The van der Waals surface area contributed by atoms with Crippen molar-refractivity contribution in [2.75, 3.05) is 6.61 Å². The van der Waals surface area contributed by atoms with Gasteiger partial charge in [-0.1, -0.05) is 59.9 Å². The molecule has 0 amide bonds. The Labute approximate surface area is 227 Å². The number of ether oxygens (including phenoxy) is 1. The summed E-state index contributed by atoms with van der Waals surface area (Å²) in [6, 6.07) is 21.1. The minimum absolute atomic E-state index is 0.0402. The molecule has 5 aromatic rings. The molecule has 0 unspecified atom stereocenters. The molecule has 5 rings (SSSR count). The van der Waals surface area contributed by atoms with Crippen molar-refractivity contribution < 1.29 is 22.7 Å². The van der Waals surface area contributed by atoms with Crippen LogP contribution in [-0.2, 0) is 29.0 Å². The smallest absolute Gasteiger partial charge is 0.376 e. The molecule has 0 radical (unpaired) electrons. The molecule has 0 bridgehead atoms. The highest BCUT2D eigenvalue weighted by molar-refractivity contribution is 7.14. The number of hydrogen-bond donors (Lipinski definition) is 0. The van der Waals surface area contributed by atoms with Crippen LogP contribution in [0.25, 0.3) is 27.5 Å². The number of fused-ring (bicyclic) bond motifs is 1. The lowest BCUT2D eigenvalue weighted by atomic mass is 10.0. The van der Waals surface area contributed by atoms with Crippen molar-refractivity contribution in [2.45, 2.75) is 38.5 Å². The number of hydrogen-bond acceptors (Lipinski definition) is 6. The number of imidazole rings is 1. The molecule has 2 aromatic carbocycles. The average molecular weight is 551 g/mol. The Morgan fingerprint density at radius 1 is 0.949 bits per heavy atom. The van der Waals surface area contributed by atoms with E-state index in [2.05, 4.69) is 15.2 Å². The third-order valence-corrected chi connectivity index (χ3v) is 7.14. The van der Waals surface area contributed by atoms with Gasteiger partial charge in [0, 0.05) is 36.6 Å². The number of Topliss-reactive ketones (excluding diaryl/α,β-unsaturated/α-hetero) is 1. The van der Waals surface area contributed by atoms with E-state index in [4.69, 9.17) is 4.74 Å². The van der Waals surface area contributed by atoms with Gasteiger partial charge in [-0.25, -0.2) is 4.98 Å². The number of ketones is 1. The van der Waals surface area contributed by atoms with Gasteiger partial charge in [0.05, 0.1) is 31.5 Å². The largest absolute Gasteiger partial charge is 0.389 e. The summed E-state index contributed by atoms with van der Waals surface area (Å²) in [7, 11) is 0. The van der Waals surface area contributed by atoms with Gasteiger partial charge in [-0.2, -0.15) is 13.2 Å². The summed E-state index contributed by atoms with van der Waals surface area (Å²) in [5, 5.41) is 10.3. The average Bonchev–Trinajstić information content (AvgIpc) is 3.57. The van der Waals surface area contributed by atoms with Crippen LogP contribution in [0.5, 0.6) is 0 Å². The number of halogens is 3. The first kappa shape index (κ1) is 26.7. The number of pyridine rings is 1. The number of benzene rings is 2. The maximum absolute atomic E-state index is 12.4. The van der Waals surface area contributed by atoms with E-state index in [0.29, 0.717) is 25.2 Å². The Kier molecular flexibility index (Phi) is 8.13. The Morgan fingerprint density at radius 3 is 2.59 bits per heavy atom. The minimum atomic E-state index is -4.33. The lowest BCUT2D eigenvalue weighted by Crippen LogP contribution is -2.12. The van der Waals surface area contributed by atoms with E-state index in [1.54, 1.807) is 18.3 Å². The Hall–Kier alpha value is -3.89. The zero-order valence-corrected chi connectivity index (χ0v) is 21.7. The molecule has 0 N–H and O–H groups in total. The van der Waals surface area contributed by atoms with Crippen molar-refractivity contribution in [3.63, 3.8) is 0 Å². The summed E-state index contributed by atoms with van der Waals surface area (Å²) in [4.78, 5) is 16.6. The Bertz CT molecular complexity index is 1560. The van der Waals surface area contributed by atoms with E-state index in [-0.39, 0.29) is 6.42 Å². The molecular weight excluding hydrogens is 525 g/mol. The second-order valence-corrected chi connectivity index (χ2v) is 10.2. The van der Waals surface area contributed by atoms with E-state index in [1.807, 2.05) is 65.2 Å². The van der Waals surface area contributed by atoms with Gasteiger partial charge in [0.25, 0.3) is 0 Å². The molecule has 0 atom stereocenters. The van der Waals surface area contributed by atoms with Gasteiger partial charge in [0.1, 0.15) is 21.4 Å². The minimum Gasteiger partial charge on any atom is -0.376 e. The zero-order valence-electron chi connectivity index (χ0n) is 20.9. The number of rotatable bonds is 11. The molecule has 10 heteroatoms. The number of alkyl halides is 3. The highest BCUT2D eigenvalue weighted by Crippen LogP contribution is 2.28. The lowest BCUT2D eigenvalue weighted by molar-refractivity contribution is -0.143. The van der Waals surface area contributed by atoms with Crippen LogP contribution in [-0.4, -0.2) is 38.1 Å². The molecule has 0 aliphatic rings. The molecule has 0 spiro atoms. The molecule has 0 saturated heterocycles. The van der Waals surface area contributed by atoms with Crippen LogP contribution in [0.3, 0.4) is 0 Å². The molecule has 0 aliphatic heterocycles. The maximum atomic E-state index is 12.4.